The minimum atomic E-state index is -0.366. The molecule has 5 heteroatoms. The van der Waals surface area contributed by atoms with E-state index in [4.69, 9.17) is 10.2 Å². The normalized spacial score (nSPS) is 12.3. The number of benzene rings is 1. The summed E-state index contributed by atoms with van der Waals surface area (Å²) in [5.41, 5.74) is 6.84. The van der Waals surface area contributed by atoms with Crippen molar-refractivity contribution in [3.05, 3.63) is 64.1 Å². The Balaban J connectivity index is 1.95. The lowest BCUT2D eigenvalue weighted by Crippen LogP contribution is -2.23. The molecule has 100 valence electrons. The number of nitro groups is 1. The van der Waals surface area contributed by atoms with E-state index >= 15 is 0 Å². The molecule has 0 aliphatic rings. The van der Waals surface area contributed by atoms with Gasteiger partial charge in [-0.15, -0.1) is 0 Å². The number of nitrogens with zero attached hydrogens (tertiary/aromatic N) is 1. The van der Waals surface area contributed by atoms with Crippen LogP contribution in [0.3, 0.4) is 0 Å². The molecule has 19 heavy (non-hydrogen) atoms. The van der Waals surface area contributed by atoms with Crippen molar-refractivity contribution >= 4 is 5.69 Å². The Bertz CT molecular complexity index is 537. The van der Waals surface area contributed by atoms with E-state index in [0.29, 0.717) is 12.0 Å². The van der Waals surface area contributed by atoms with Crippen molar-refractivity contribution < 1.29 is 9.34 Å². The standard InChI is InChI=1S/C14H16N2O3/c15-12(7-8-13-5-3-9-19-13)10-11-4-1-2-6-14(11)16(17)18/h1-6,9,12H,7-8,10,15H2. The van der Waals surface area contributed by atoms with E-state index < -0.39 is 0 Å². The zero-order valence-corrected chi connectivity index (χ0v) is 10.5. The van der Waals surface area contributed by atoms with Crippen LogP contribution in [0.5, 0.6) is 0 Å². The van der Waals surface area contributed by atoms with Gasteiger partial charge in [0, 0.05) is 24.1 Å². The highest BCUT2D eigenvalue weighted by atomic mass is 16.6. The molecule has 2 aromatic rings. The highest BCUT2D eigenvalue weighted by Crippen LogP contribution is 2.19. The fraction of sp³-hybridized carbons (Fsp3) is 0.286. The van der Waals surface area contributed by atoms with Gasteiger partial charge in [0.05, 0.1) is 11.2 Å². The first kappa shape index (κ1) is 13.3. The van der Waals surface area contributed by atoms with E-state index in [1.807, 2.05) is 12.1 Å². The number of nitrogens with two attached hydrogens (primary N) is 1. The molecule has 0 bridgehead atoms. The van der Waals surface area contributed by atoms with Gasteiger partial charge in [-0.25, -0.2) is 0 Å². The molecule has 0 saturated carbocycles. The summed E-state index contributed by atoms with van der Waals surface area (Å²) in [5.74, 6) is 0.887. The number of hydrogen-bond acceptors (Lipinski definition) is 4. The van der Waals surface area contributed by atoms with E-state index in [1.165, 1.54) is 6.07 Å². The van der Waals surface area contributed by atoms with E-state index in [-0.39, 0.29) is 16.7 Å². The molecule has 0 spiro atoms. The van der Waals surface area contributed by atoms with Crippen LogP contribution in [-0.2, 0) is 12.8 Å². The predicted octanol–water partition coefficient (Wildman–Crippen LogP) is 2.69. The minimum absolute atomic E-state index is 0.119. The second-order valence-electron chi connectivity index (χ2n) is 4.47. The van der Waals surface area contributed by atoms with Crippen LogP contribution in [0.2, 0.25) is 0 Å². The van der Waals surface area contributed by atoms with Crippen molar-refractivity contribution in [2.45, 2.75) is 25.3 Å². The Morgan fingerprint density at radius 1 is 1.26 bits per heavy atom. The monoisotopic (exact) mass is 260 g/mol. The van der Waals surface area contributed by atoms with Crippen LogP contribution < -0.4 is 5.73 Å². The van der Waals surface area contributed by atoms with Gasteiger partial charge in [0.15, 0.2) is 0 Å². The molecule has 1 aromatic heterocycles. The number of para-hydroxylation sites is 1. The molecule has 2 rings (SSSR count). The minimum Gasteiger partial charge on any atom is -0.469 e. The van der Waals surface area contributed by atoms with Crippen LogP contribution in [0.25, 0.3) is 0 Å². The molecule has 0 aliphatic heterocycles. The third-order valence-corrected chi connectivity index (χ3v) is 3.01. The summed E-state index contributed by atoms with van der Waals surface area (Å²) in [5, 5.41) is 10.9. The maximum absolute atomic E-state index is 10.9. The summed E-state index contributed by atoms with van der Waals surface area (Å²) in [6, 6.07) is 10.3. The van der Waals surface area contributed by atoms with Gasteiger partial charge < -0.3 is 10.2 Å². The lowest BCUT2D eigenvalue weighted by atomic mass is 10.0. The highest BCUT2D eigenvalue weighted by molar-refractivity contribution is 5.40. The largest absolute Gasteiger partial charge is 0.469 e. The number of nitro benzene ring substituents is 1. The van der Waals surface area contributed by atoms with Crippen molar-refractivity contribution in [1.82, 2.24) is 0 Å². The summed E-state index contributed by atoms with van der Waals surface area (Å²) in [6.07, 6.45) is 3.61. The molecule has 5 nitrogen and oxygen atoms in total. The van der Waals surface area contributed by atoms with Crippen LogP contribution >= 0.6 is 0 Å². The van der Waals surface area contributed by atoms with E-state index in [0.717, 1.165) is 18.6 Å². The molecule has 1 aromatic carbocycles. The molecule has 0 amide bonds. The van der Waals surface area contributed by atoms with Gasteiger partial charge in [0.1, 0.15) is 5.76 Å². The van der Waals surface area contributed by atoms with Crippen molar-refractivity contribution in [1.29, 1.82) is 0 Å². The van der Waals surface area contributed by atoms with Gasteiger partial charge in [0.2, 0.25) is 0 Å². The summed E-state index contributed by atoms with van der Waals surface area (Å²) in [7, 11) is 0. The van der Waals surface area contributed by atoms with Crippen molar-refractivity contribution in [2.24, 2.45) is 5.73 Å². The van der Waals surface area contributed by atoms with Crippen LogP contribution in [0, 0.1) is 10.1 Å². The second kappa shape index (κ2) is 6.15. The van der Waals surface area contributed by atoms with Gasteiger partial charge in [-0.1, -0.05) is 18.2 Å². The van der Waals surface area contributed by atoms with E-state index in [1.54, 1.807) is 24.5 Å². The van der Waals surface area contributed by atoms with Crippen molar-refractivity contribution in [3.8, 4) is 0 Å². The Morgan fingerprint density at radius 2 is 2.05 bits per heavy atom. The van der Waals surface area contributed by atoms with Gasteiger partial charge in [0.25, 0.3) is 5.69 Å². The SMILES string of the molecule is NC(CCc1ccco1)Cc1ccccc1[N+](=O)[O-]. The van der Waals surface area contributed by atoms with Gasteiger partial charge >= 0.3 is 0 Å². The lowest BCUT2D eigenvalue weighted by molar-refractivity contribution is -0.385. The summed E-state index contributed by atoms with van der Waals surface area (Å²) in [4.78, 5) is 10.5. The van der Waals surface area contributed by atoms with Crippen LogP contribution in [0.4, 0.5) is 5.69 Å². The van der Waals surface area contributed by atoms with Crippen molar-refractivity contribution in [2.75, 3.05) is 0 Å². The number of aryl methyl sites for hydroxylation is 1. The molecular weight excluding hydrogens is 244 g/mol. The maximum Gasteiger partial charge on any atom is 0.272 e. The molecule has 1 heterocycles. The molecule has 1 unspecified atom stereocenters. The van der Waals surface area contributed by atoms with Crippen LogP contribution in [0.1, 0.15) is 17.7 Å². The topological polar surface area (TPSA) is 82.3 Å². The first-order valence-electron chi connectivity index (χ1n) is 6.17. The first-order valence-corrected chi connectivity index (χ1v) is 6.17. The summed E-state index contributed by atoms with van der Waals surface area (Å²) in [6.45, 7) is 0. The third kappa shape index (κ3) is 3.66. The zero-order valence-electron chi connectivity index (χ0n) is 10.5. The molecule has 0 aliphatic carbocycles. The third-order valence-electron chi connectivity index (χ3n) is 3.01. The molecular formula is C14H16N2O3. The first-order chi connectivity index (χ1) is 9.16. The van der Waals surface area contributed by atoms with Gasteiger partial charge in [-0.3, -0.25) is 10.1 Å². The van der Waals surface area contributed by atoms with Crippen LogP contribution in [-0.4, -0.2) is 11.0 Å². The predicted molar refractivity (Wildman–Crippen MR) is 71.8 cm³/mol. The average Bonchev–Trinajstić information content (AvgIpc) is 2.90. The zero-order chi connectivity index (χ0) is 13.7. The summed E-state index contributed by atoms with van der Waals surface area (Å²) < 4.78 is 5.23. The van der Waals surface area contributed by atoms with Crippen LogP contribution in [0.15, 0.2) is 47.1 Å². The fourth-order valence-corrected chi connectivity index (χ4v) is 2.03. The Labute approximate surface area is 111 Å². The molecule has 0 saturated heterocycles. The number of hydrogen-bond donors (Lipinski definition) is 1. The Morgan fingerprint density at radius 3 is 2.74 bits per heavy atom. The molecule has 0 radical (unpaired) electrons. The maximum atomic E-state index is 10.9. The number of furan rings is 1. The summed E-state index contributed by atoms with van der Waals surface area (Å²) >= 11 is 0. The average molecular weight is 260 g/mol. The fourth-order valence-electron chi connectivity index (χ4n) is 2.03. The molecule has 0 fully saturated rings. The Kier molecular flexibility index (Phi) is 4.30. The second-order valence-corrected chi connectivity index (χ2v) is 4.47. The van der Waals surface area contributed by atoms with Gasteiger partial charge in [-0.05, 0) is 25.0 Å². The van der Waals surface area contributed by atoms with E-state index in [2.05, 4.69) is 0 Å². The van der Waals surface area contributed by atoms with Crippen molar-refractivity contribution in [3.63, 3.8) is 0 Å². The number of rotatable bonds is 6. The quantitative estimate of drug-likeness (QED) is 0.639. The Hall–Kier alpha value is -2.14. The lowest BCUT2D eigenvalue weighted by Gasteiger charge is -2.10. The van der Waals surface area contributed by atoms with Gasteiger partial charge in [-0.2, -0.15) is 0 Å². The molecule has 2 N–H and O–H groups in total. The highest BCUT2D eigenvalue weighted by Gasteiger charge is 2.15. The van der Waals surface area contributed by atoms with E-state index in [9.17, 15) is 10.1 Å². The molecule has 1 atom stereocenters. The smallest absolute Gasteiger partial charge is 0.272 e.